The molecule has 0 saturated heterocycles. The summed E-state index contributed by atoms with van der Waals surface area (Å²) in [6, 6.07) is 62.9. The number of nitrogens with zero attached hydrogens (tertiary/aromatic N) is 2. The molecular formula is C48H28N2S2. The summed E-state index contributed by atoms with van der Waals surface area (Å²) in [4.78, 5) is 0. The summed E-state index contributed by atoms with van der Waals surface area (Å²) in [5.74, 6) is 0. The van der Waals surface area contributed by atoms with Gasteiger partial charge in [0.25, 0.3) is 0 Å². The Bertz CT molecular complexity index is 3400. The molecule has 0 amide bonds. The highest BCUT2D eigenvalue weighted by molar-refractivity contribution is 7.26. The van der Waals surface area contributed by atoms with Crippen molar-refractivity contribution in [2.45, 2.75) is 0 Å². The largest absolute Gasteiger partial charge is 0.309 e. The first-order chi connectivity index (χ1) is 25.8. The van der Waals surface area contributed by atoms with Gasteiger partial charge in [0.05, 0.1) is 22.1 Å². The molecule has 0 aliphatic carbocycles. The monoisotopic (exact) mass is 696 g/mol. The maximum atomic E-state index is 2.49. The van der Waals surface area contributed by atoms with Gasteiger partial charge in [0.2, 0.25) is 0 Å². The van der Waals surface area contributed by atoms with E-state index in [1.165, 1.54) is 106 Å². The summed E-state index contributed by atoms with van der Waals surface area (Å²) in [5, 5.41) is 10.4. The van der Waals surface area contributed by atoms with E-state index >= 15 is 0 Å². The van der Waals surface area contributed by atoms with Crippen molar-refractivity contribution >= 4 is 107 Å². The molecule has 4 heteroatoms. The number of fused-ring (bicyclic) bond motifs is 12. The minimum absolute atomic E-state index is 1.19. The lowest BCUT2D eigenvalue weighted by Gasteiger charge is -2.09. The van der Waals surface area contributed by atoms with Gasteiger partial charge in [-0.3, -0.25) is 0 Å². The number of hydrogen-bond donors (Lipinski definition) is 0. The highest BCUT2D eigenvalue weighted by Gasteiger charge is 2.20. The highest BCUT2D eigenvalue weighted by Crippen LogP contribution is 2.45. The summed E-state index contributed by atoms with van der Waals surface area (Å²) in [6.45, 7) is 0. The third-order valence-corrected chi connectivity index (χ3v) is 13.2. The standard InChI is InChI=1S/C48H28N2S2/c1-3-11-29(12-4-1)30-19-21-42-35(23-30)37-26-40-39-25-36-33-15-7-9-17-41(33)49(31-13-5-2-6-14-31)43(36)27-47(39)52-48(40)28-44(37)50(42)32-20-22-46-38(24-32)34-16-8-10-18-45(34)51-46/h1-28H. The van der Waals surface area contributed by atoms with E-state index in [0.29, 0.717) is 0 Å². The molecule has 0 bridgehead atoms. The Labute approximate surface area is 306 Å². The fourth-order valence-electron chi connectivity index (χ4n) is 8.55. The third-order valence-electron chi connectivity index (χ3n) is 10.9. The molecule has 12 rings (SSSR count). The molecule has 0 N–H and O–H groups in total. The molecule has 0 saturated carbocycles. The summed E-state index contributed by atoms with van der Waals surface area (Å²) in [6.07, 6.45) is 0. The maximum Gasteiger partial charge on any atom is 0.0555 e. The number of benzene rings is 8. The molecule has 52 heavy (non-hydrogen) atoms. The normalized spacial score (nSPS) is 12.2. The quantitative estimate of drug-likeness (QED) is 0.174. The third kappa shape index (κ3) is 3.99. The van der Waals surface area contributed by atoms with Crippen LogP contribution in [0.4, 0.5) is 0 Å². The molecular weight excluding hydrogens is 669 g/mol. The summed E-state index contributed by atoms with van der Waals surface area (Å²) >= 11 is 3.77. The summed E-state index contributed by atoms with van der Waals surface area (Å²) in [7, 11) is 0. The molecule has 242 valence electrons. The zero-order valence-corrected chi connectivity index (χ0v) is 29.5. The Morgan fingerprint density at radius 3 is 1.62 bits per heavy atom. The van der Waals surface area contributed by atoms with E-state index in [1.54, 1.807) is 0 Å². The Hall–Kier alpha value is -6.20. The van der Waals surface area contributed by atoms with E-state index in [-0.39, 0.29) is 0 Å². The predicted octanol–water partition coefficient (Wildman–Crippen LogP) is 14.3. The predicted molar refractivity (Wildman–Crippen MR) is 226 cm³/mol. The molecule has 12 aromatic rings. The van der Waals surface area contributed by atoms with Crippen molar-refractivity contribution in [1.29, 1.82) is 0 Å². The molecule has 8 aromatic carbocycles. The van der Waals surface area contributed by atoms with Crippen molar-refractivity contribution in [2.24, 2.45) is 0 Å². The first-order valence-electron chi connectivity index (χ1n) is 17.7. The molecule has 2 nitrogen and oxygen atoms in total. The molecule has 4 aromatic heterocycles. The second-order valence-corrected chi connectivity index (χ2v) is 15.9. The van der Waals surface area contributed by atoms with Crippen LogP contribution in [0.2, 0.25) is 0 Å². The zero-order chi connectivity index (χ0) is 33.9. The number of aromatic nitrogens is 2. The second kappa shape index (κ2) is 10.7. The van der Waals surface area contributed by atoms with Gasteiger partial charge in [-0.15, -0.1) is 22.7 Å². The van der Waals surface area contributed by atoms with Crippen LogP contribution in [0.25, 0.3) is 106 Å². The van der Waals surface area contributed by atoms with Gasteiger partial charge in [0.1, 0.15) is 0 Å². The molecule has 0 atom stereocenters. The van der Waals surface area contributed by atoms with Gasteiger partial charge in [-0.05, 0) is 90.0 Å². The molecule has 4 heterocycles. The van der Waals surface area contributed by atoms with Crippen LogP contribution in [-0.4, -0.2) is 9.13 Å². The van der Waals surface area contributed by atoms with Gasteiger partial charge in [-0.1, -0.05) is 91.0 Å². The Balaban J connectivity index is 1.17. The Kier molecular flexibility index (Phi) is 5.84. The minimum atomic E-state index is 1.19. The number of para-hydroxylation sites is 2. The lowest BCUT2D eigenvalue weighted by molar-refractivity contribution is 1.18. The van der Waals surface area contributed by atoms with Gasteiger partial charge in [-0.2, -0.15) is 0 Å². The highest BCUT2D eigenvalue weighted by atomic mass is 32.1. The Morgan fingerprint density at radius 1 is 0.269 bits per heavy atom. The van der Waals surface area contributed by atoms with Crippen LogP contribution < -0.4 is 0 Å². The van der Waals surface area contributed by atoms with E-state index in [1.807, 2.05) is 22.7 Å². The van der Waals surface area contributed by atoms with Gasteiger partial charge in [0.15, 0.2) is 0 Å². The average Bonchev–Trinajstić information content (AvgIpc) is 3.93. The lowest BCUT2D eigenvalue weighted by Crippen LogP contribution is -1.93. The fraction of sp³-hybridized carbons (Fsp3) is 0. The van der Waals surface area contributed by atoms with Crippen molar-refractivity contribution < 1.29 is 0 Å². The van der Waals surface area contributed by atoms with Gasteiger partial charge in [0, 0.05) is 73.3 Å². The number of hydrogen-bond acceptors (Lipinski definition) is 2. The first kappa shape index (κ1) is 28.5. The van der Waals surface area contributed by atoms with Crippen molar-refractivity contribution in [3.05, 3.63) is 170 Å². The SMILES string of the molecule is c1ccc(-c2ccc3c(c2)c2cc4c(cc2n3-c2ccc3sc5ccccc5c3c2)sc2cc3c(cc24)c2ccccc2n3-c2ccccc2)cc1. The van der Waals surface area contributed by atoms with Crippen LogP contribution in [0.1, 0.15) is 0 Å². The average molecular weight is 697 g/mol. The van der Waals surface area contributed by atoms with Crippen LogP contribution in [0.5, 0.6) is 0 Å². The van der Waals surface area contributed by atoms with Gasteiger partial charge >= 0.3 is 0 Å². The minimum Gasteiger partial charge on any atom is -0.309 e. The fourth-order valence-corrected chi connectivity index (χ4v) is 10.8. The lowest BCUT2D eigenvalue weighted by atomic mass is 10.0. The number of thiophene rings is 2. The second-order valence-electron chi connectivity index (χ2n) is 13.7. The van der Waals surface area contributed by atoms with E-state index < -0.39 is 0 Å². The Morgan fingerprint density at radius 2 is 0.827 bits per heavy atom. The van der Waals surface area contributed by atoms with Gasteiger partial charge in [-0.25, -0.2) is 0 Å². The molecule has 0 unspecified atom stereocenters. The van der Waals surface area contributed by atoms with Crippen LogP contribution in [-0.2, 0) is 0 Å². The molecule has 0 spiro atoms. The molecule has 0 radical (unpaired) electrons. The van der Waals surface area contributed by atoms with Crippen LogP contribution >= 0.6 is 22.7 Å². The summed E-state index contributed by atoms with van der Waals surface area (Å²) in [5.41, 5.74) is 9.79. The topological polar surface area (TPSA) is 9.86 Å². The van der Waals surface area contributed by atoms with Crippen LogP contribution in [0.15, 0.2) is 170 Å². The van der Waals surface area contributed by atoms with Crippen molar-refractivity contribution in [3.8, 4) is 22.5 Å². The molecule has 0 aliphatic rings. The maximum absolute atomic E-state index is 2.49. The van der Waals surface area contributed by atoms with Crippen LogP contribution in [0, 0.1) is 0 Å². The van der Waals surface area contributed by atoms with Crippen molar-refractivity contribution in [1.82, 2.24) is 9.13 Å². The van der Waals surface area contributed by atoms with E-state index in [9.17, 15) is 0 Å². The first-order valence-corrected chi connectivity index (χ1v) is 19.3. The van der Waals surface area contributed by atoms with E-state index in [4.69, 9.17) is 0 Å². The smallest absolute Gasteiger partial charge is 0.0555 e. The van der Waals surface area contributed by atoms with E-state index in [2.05, 4.69) is 179 Å². The summed E-state index contributed by atoms with van der Waals surface area (Å²) < 4.78 is 10.2. The zero-order valence-electron chi connectivity index (χ0n) is 27.9. The van der Waals surface area contributed by atoms with Gasteiger partial charge < -0.3 is 9.13 Å². The van der Waals surface area contributed by atoms with E-state index in [0.717, 1.165) is 0 Å². The van der Waals surface area contributed by atoms with Crippen LogP contribution in [0.3, 0.4) is 0 Å². The van der Waals surface area contributed by atoms with Crippen molar-refractivity contribution in [2.75, 3.05) is 0 Å². The molecule has 0 fully saturated rings. The number of rotatable bonds is 3. The molecule has 0 aliphatic heterocycles. The van der Waals surface area contributed by atoms with Crippen molar-refractivity contribution in [3.63, 3.8) is 0 Å².